The maximum Gasteiger partial charge on any atom is 0.179 e. The molecule has 0 aliphatic rings. The third-order valence-corrected chi connectivity index (χ3v) is 33.6. The minimum atomic E-state index is -3.76. The number of fused-ring (bicyclic) bond motifs is 6. The molecule has 0 unspecified atom stereocenters. The molecule has 118 heavy (non-hydrogen) atoms. The molecule has 3 aromatic heterocycles. The lowest BCUT2D eigenvalue weighted by Crippen LogP contribution is -2.78. The van der Waals surface area contributed by atoms with Crippen LogP contribution in [0.15, 0.2) is 473 Å². The van der Waals surface area contributed by atoms with E-state index in [1.807, 2.05) is 0 Å². The second-order valence-corrected chi connectivity index (χ2v) is 38.3. The van der Waals surface area contributed by atoms with Crippen LogP contribution < -0.4 is 41.5 Å². The molecule has 4 nitrogen and oxygen atoms in total. The Hall–Kier alpha value is -14.9. The highest BCUT2D eigenvalue weighted by Gasteiger charge is 2.47. The van der Waals surface area contributed by atoms with Crippen molar-refractivity contribution in [3.63, 3.8) is 0 Å². The van der Waals surface area contributed by atoms with Crippen LogP contribution >= 0.6 is 0 Å². The van der Waals surface area contributed by atoms with Gasteiger partial charge in [-0.05, 0) is 150 Å². The molecule has 21 rings (SSSR count). The van der Waals surface area contributed by atoms with Crippen molar-refractivity contribution in [1.82, 2.24) is 19.1 Å². The van der Waals surface area contributed by atoms with Gasteiger partial charge in [0.25, 0.3) is 0 Å². The number of hydrogen-bond donors (Lipinski definition) is 0. The number of hydrogen-bond acceptors (Lipinski definition) is 2. The molecule has 0 saturated carbocycles. The minimum absolute atomic E-state index is 0.589. The molecule has 21 aromatic rings. The van der Waals surface area contributed by atoms with Gasteiger partial charge in [0.05, 0.1) is 22.1 Å². The van der Waals surface area contributed by atoms with Gasteiger partial charge in [-0.2, -0.15) is 0 Å². The zero-order valence-corrected chi connectivity index (χ0v) is 66.8. The zero-order chi connectivity index (χ0) is 78.4. The van der Waals surface area contributed by atoms with Crippen LogP contribution in [0.2, 0.25) is 0 Å². The maximum absolute atomic E-state index is 6.22. The molecular formula is C112H78N4Si2. The predicted molar refractivity (Wildman–Crippen MR) is 501 cm³/mol. The van der Waals surface area contributed by atoms with E-state index in [-0.39, 0.29) is 0 Å². The molecule has 0 atom stereocenters. The van der Waals surface area contributed by atoms with Gasteiger partial charge >= 0.3 is 0 Å². The average Bonchev–Trinajstić information content (AvgIpc) is 1.39. The maximum atomic E-state index is 6.22. The van der Waals surface area contributed by atoms with E-state index >= 15 is 0 Å². The SMILES string of the molecule is c1ccc(-c2ccc([Si](c3ccc(-c4ccccc4)cc3)(c3ccc(-c4ccccc4)cc3)c3cc(-c4nc(-n5c6ccccc6c6ccccc65)cc(-n5c6ccccc6c6cc(-c7ccccc7)ccc65)n4)cc([Si](c4ccc(-c5ccccc5)cc4)(c4ccc(-c5ccccc5)cc4)c4ccc(-c5ccccc5)cc4)c3)cc2)cc1. The van der Waals surface area contributed by atoms with E-state index in [0.29, 0.717) is 5.82 Å². The van der Waals surface area contributed by atoms with Crippen LogP contribution in [0, 0.1) is 0 Å². The van der Waals surface area contributed by atoms with E-state index in [9.17, 15) is 0 Å². The molecule has 6 heteroatoms. The normalized spacial score (nSPS) is 11.7. The molecule has 0 amide bonds. The molecule has 0 N–H and O–H groups in total. The Morgan fingerprint density at radius 2 is 0.356 bits per heavy atom. The molecule has 0 fully saturated rings. The molecule has 0 saturated heterocycles. The fraction of sp³-hybridized carbons (Fsp3) is 0. The molecule has 0 radical (unpaired) electrons. The van der Waals surface area contributed by atoms with Crippen molar-refractivity contribution in [3.8, 4) is 101 Å². The quantitative estimate of drug-likeness (QED) is 0.0634. The van der Waals surface area contributed by atoms with Crippen molar-refractivity contribution in [2.45, 2.75) is 0 Å². The van der Waals surface area contributed by atoms with Crippen molar-refractivity contribution < 1.29 is 0 Å². The number of benzene rings is 18. The second kappa shape index (κ2) is 30.4. The number of para-hydroxylation sites is 3. The molecular weight excluding hydrogens is 1460 g/mol. The van der Waals surface area contributed by atoms with Crippen LogP contribution in [0.4, 0.5) is 0 Å². The lowest BCUT2D eigenvalue weighted by Gasteiger charge is -2.39. The third-order valence-electron chi connectivity index (χ3n) is 24.1. The number of aromatic nitrogens is 4. The summed E-state index contributed by atoms with van der Waals surface area (Å²) in [6.07, 6.45) is 0. The van der Waals surface area contributed by atoms with Gasteiger partial charge in [-0.25, -0.2) is 9.97 Å². The molecule has 0 aliphatic carbocycles. The van der Waals surface area contributed by atoms with Gasteiger partial charge in [0.15, 0.2) is 22.0 Å². The van der Waals surface area contributed by atoms with Gasteiger partial charge in [0.1, 0.15) is 11.6 Å². The smallest absolute Gasteiger partial charge is 0.179 e. The third kappa shape index (κ3) is 12.6. The molecule has 0 spiro atoms. The lowest BCUT2D eigenvalue weighted by molar-refractivity contribution is 0.994. The van der Waals surface area contributed by atoms with Crippen molar-refractivity contribution >= 4 is 101 Å². The van der Waals surface area contributed by atoms with Gasteiger partial charge in [-0.15, -0.1) is 0 Å². The summed E-state index contributed by atoms with van der Waals surface area (Å²) in [5.41, 5.74) is 21.2. The summed E-state index contributed by atoms with van der Waals surface area (Å²) in [5, 5.41) is 14.3. The highest BCUT2D eigenvalue weighted by molar-refractivity contribution is 7.22. The first kappa shape index (κ1) is 70.9. The molecule has 0 bridgehead atoms. The van der Waals surface area contributed by atoms with E-state index in [4.69, 9.17) is 9.97 Å². The summed E-state index contributed by atoms with van der Waals surface area (Å²) in [4.78, 5) is 12.4. The Balaban J connectivity index is 0.933. The van der Waals surface area contributed by atoms with Crippen LogP contribution in [0.3, 0.4) is 0 Å². The van der Waals surface area contributed by atoms with Gasteiger partial charge < -0.3 is 0 Å². The lowest BCUT2D eigenvalue weighted by atomic mass is 10.0. The average molecular weight is 1540 g/mol. The number of nitrogens with zero attached hydrogens (tertiary/aromatic N) is 4. The Labute approximate surface area is 689 Å². The Kier molecular flexibility index (Phi) is 18.3. The first-order chi connectivity index (χ1) is 58.5. The van der Waals surface area contributed by atoms with E-state index in [1.54, 1.807) is 0 Å². The second-order valence-electron chi connectivity index (χ2n) is 30.7. The van der Waals surface area contributed by atoms with E-state index in [0.717, 1.165) is 139 Å². The highest BCUT2D eigenvalue weighted by atomic mass is 28.3. The fourth-order valence-corrected chi connectivity index (χ4v) is 28.1. The van der Waals surface area contributed by atoms with Gasteiger partial charge in [0, 0.05) is 33.2 Å². The summed E-state index contributed by atoms with van der Waals surface area (Å²) in [6, 6.07) is 177. The summed E-state index contributed by atoms with van der Waals surface area (Å²) >= 11 is 0. The van der Waals surface area contributed by atoms with Gasteiger partial charge in [-0.1, -0.05) is 437 Å². The van der Waals surface area contributed by atoms with Gasteiger partial charge in [-0.3, -0.25) is 9.13 Å². The van der Waals surface area contributed by atoms with Crippen LogP contribution in [0.5, 0.6) is 0 Å². The van der Waals surface area contributed by atoms with Crippen molar-refractivity contribution in [3.05, 3.63) is 473 Å². The summed E-state index contributed by atoms with van der Waals surface area (Å²) < 4.78 is 4.76. The number of rotatable bonds is 18. The molecule has 3 heterocycles. The monoisotopic (exact) mass is 1530 g/mol. The Morgan fingerprint density at radius 3 is 0.627 bits per heavy atom. The minimum Gasteiger partial charge on any atom is -0.294 e. The van der Waals surface area contributed by atoms with E-state index in [2.05, 4.69) is 482 Å². The zero-order valence-electron chi connectivity index (χ0n) is 64.8. The summed E-state index contributed by atoms with van der Waals surface area (Å²) in [7, 11) is -7.53. The van der Waals surface area contributed by atoms with Crippen LogP contribution in [-0.2, 0) is 0 Å². The van der Waals surface area contributed by atoms with Crippen molar-refractivity contribution in [2.24, 2.45) is 0 Å². The highest BCUT2D eigenvalue weighted by Crippen LogP contribution is 2.39. The van der Waals surface area contributed by atoms with E-state index in [1.165, 1.54) is 41.5 Å². The topological polar surface area (TPSA) is 35.6 Å². The predicted octanol–water partition coefficient (Wildman–Crippen LogP) is 22.8. The van der Waals surface area contributed by atoms with Crippen molar-refractivity contribution in [2.75, 3.05) is 0 Å². The Bertz CT molecular complexity index is 6460. The molecule has 554 valence electrons. The van der Waals surface area contributed by atoms with Crippen molar-refractivity contribution in [1.29, 1.82) is 0 Å². The van der Waals surface area contributed by atoms with Crippen LogP contribution in [0.1, 0.15) is 0 Å². The summed E-state index contributed by atoms with van der Waals surface area (Å²) in [5.74, 6) is 2.08. The first-order valence-corrected chi connectivity index (χ1v) is 44.6. The molecule has 0 aliphatic heterocycles. The van der Waals surface area contributed by atoms with E-state index < -0.39 is 16.1 Å². The standard InChI is InChI=1S/C112H78N4Si2/c1-8-28-79(29-9-1)86-48-61-94(62-49-86)117(95-63-50-87(51-64-95)80-30-10-2-11-31-80,96-65-52-88(53-66-96)81-32-12-3-13-33-81)100-74-93(112-113-110(115-106-45-25-22-42-102(106)103-43-23-26-46-107(103)115)78-111(114-112)116-108-47-27-24-44-104(108)105-76-92(60-73-109(105)116)85-40-20-7-21-41-85)75-101(77-100)118(97-67-54-89(55-68-97)82-34-14-4-15-35-82,98-69-56-90(57-70-98)83-36-16-5-17-37-83)99-71-58-91(59-72-99)84-38-18-6-19-39-84/h1-78H. The van der Waals surface area contributed by atoms with Crippen LogP contribution in [0.25, 0.3) is 145 Å². The van der Waals surface area contributed by atoms with Gasteiger partial charge in [0.2, 0.25) is 0 Å². The Morgan fingerprint density at radius 1 is 0.144 bits per heavy atom. The van der Waals surface area contributed by atoms with Crippen LogP contribution in [-0.4, -0.2) is 35.2 Å². The first-order valence-electron chi connectivity index (χ1n) is 40.6. The fourth-order valence-electron chi connectivity index (χ4n) is 18.4. The summed E-state index contributed by atoms with van der Waals surface area (Å²) in [6.45, 7) is 0. The molecule has 18 aromatic carbocycles. The largest absolute Gasteiger partial charge is 0.294 e.